The number of halogens is 2. The molecule has 0 radical (unpaired) electrons. The first-order chi connectivity index (χ1) is 7.59. The maximum absolute atomic E-state index is 11.5. The Morgan fingerprint density at radius 1 is 1.25 bits per heavy atom. The topological polar surface area (TPSA) is 46.6 Å². The Morgan fingerprint density at radius 2 is 1.88 bits per heavy atom. The Labute approximate surface area is 105 Å². The Kier molecular flexibility index (Phi) is 3.28. The van der Waals surface area contributed by atoms with Crippen molar-refractivity contribution in [1.82, 2.24) is 0 Å². The van der Waals surface area contributed by atoms with E-state index in [0.717, 1.165) is 4.90 Å². The van der Waals surface area contributed by atoms with E-state index >= 15 is 0 Å². The van der Waals surface area contributed by atoms with Crippen molar-refractivity contribution in [2.75, 3.05) is 18.1 Å². The second-order valence-electron chi connectivity index (χ2n) is 3.21. The van der Waals surface area contributed by atoms with Crippen LogP contribution >= 0.6 is 27.5 Å². The van der Waals surface area contributed by atoms with Crippen molar-refractivity contribution in [3.8, 4) is 0 Å². The summed E-state index contributed by atoms with van der Waals surface area (Å²) < 4.78 is 5.46. The van der Waals surface area contributed by atoms with Crippen molar-refractivity contribution in [2.45, 2.75) is 0 Å². The van der Waals surface area contributed by atoms with Gasteiger partial charge in [-0.3, -0.25) is 9.59 Å². The number of rotatable bonds is 1. The summed E-state index contributed by atoms with van der Waals surface area (Å²) in [6.45, 7) is -0.155. The summed E-state index contributed by atoms with van der Waals surface area (Å²) in [5, 5.41) is 0.525. The summed E-state index contributed by atoms with van der Waals surface area (Å²) in [5.74, 6) is -0.740. The molecule has 1 aliphatic heterocycles. The van der Waals surface area contributed by atoms with E-state index in [0.29, 0.717) is 15.2 Å². The van der Waals surface area contributed by atoms with Gasteiger partial charge in [0.1, 0.15) is 13.2 Å². The number of hydrogen-bond donors (Lipinski definition) is 0. The number of hydrogen-bond acceptors (Lipinski definition) is 3. The van der Waals surface area contributed by atoms with Crippen LogP contribution in [0.4, 0.5) is 5.69 Å². The third-order valence-corrected chi connectivity index (χ3v) is 3.33. The van der Waals surface area contributed by atoms with Crippen LogP contribution in [0.15, 0.2) is 22.7 Å². The van der Waals surface area contributed by atoms with Gasteiger partial charge in [0.15, 0.2) is 0 Å². The molecule has 2 amide bonds. The zero-order chi connectivity index (χ0) is 11.7. The van der Waals surface area contributed by atoms with Gasteiger partial charge >= 0.3 is 0 Å². The van der Waals surface area contributed by atoms with Crippen LogP contribution in [0.25, 0.3) is 0 Å². The lowest BCUT2D eigenvalue weighted by atomic mass is 10.2. The number of amides is 2. The summed E-state index contributed by atoms with van der Waals surface area (Å²) in [7, 11) is 0. The van der Waals surface area contributed by atoms with Crippen LogP contribution in [0, 0.1) is 0 Å². The average molecular weight is 305 g/mol. The molecule has 1 aromatic carbocycles. The lowest BCUT2D eigenvalue weighted by Gasteiger charge is -2.25. The summed E-state index contributed by atoms with van der Waals surface area (Å²) >= 11 is 9.07. The monoisotopic (exact) mass is 303 g/mol. The molecular formula is C10H7BrClNO3. The van der Waals surface area contributed by atoms with Crippen molar-refractivity contribution >= 4 is 45.0 Å². The second kappa shape index (κ2) is 4.53. The van der Waals surface area contributed by atoms with Crippen molar-refractivity contribution < 1.29 is 14.3 Å². The number of morpholine rings is 1. The molecule has 0 bridgehead atoms. The molecule has 1 fully saturated rings. The number of carbonyl (C=O) groups is 2. The van der Waals surface area contributed by atoms with Crippen molar-refractivity contribution in [3.05, 3.63) is 27.7 Å². The number of anilines is 1. The molecule has 1 aliphatic rings. The molecule has 6 heteroatoms. The quantitative estimate of drug-likeness (QED) is 0.746. The Bertz CT molecular complexity index is 447. The molecule has 0 unspecified atom stereocenters. The van der Waals surface area contributed by atoms with E-state index in [4.69, 9.17) is 16.3 Å². The molecule has 1 saturated heterocycles. The van der Waals surface area contributed by atoms with Gasteiger partial charge in [-0.05, 0) is 34.1 Å². The van der Waals surface area contributed by atoms with Gasteiger partial charge in [0.25, 0.3) is 11.8 Å². The minimum Gasteiger partial charge on any atom is -0.362 e. The molecule has 0 spiro atoms. The highest BCUT2D eigenvalue weighted by Crippen LogP contribution is 2.28. The van der Waals surface area contributed by atoms with Crippen LogP contribution in [0.2, 0.25) is 5.02 Å². The fourth-order valence-electron chi connectivity index (χ4n) is 1.41. The third-order valence-electron chi connectivity index (χ3n) is 2.11. The van der Waals surface area contributed by atoms with Crippen LogP contribution in [0.3, 0.4) is 0 Å². The SMILES string of the molecule is O=C1COCC(=O)N1c1ccc(Cl)c(Br)c1. The molecule has 16 heavy (non-hydrogen) atoms. The average Bonchev–Trinajstić information content (AvgIpc) is 2.23. The van der Waals surface area contributed by atoms with Crippen LogP contribution in [-0.4, -0.2) is 25.0 Å². The third kappa shape index (κ3) is 2.11. The van der Waals surface area contributed by atoms with E-state index < -0.39 is 0 Å². The molecule has 0 N–H and O–H groups in total. The lowest BCUT2D eigenvalue weighted by molar-refractivity contribution is -0.138. The van der Waals surface area contributed by atoms with Gasteiger partial charge in [0.05, 0.1) is 10.7 Å². The minimum absolute atomic E-state index is 0.0774. The maximum Gasteiger partial charge on any atom is 0.259 e. The predicted molar refractivity (Wildman–Crippen MR) is 62.5 cm³/mol. The number of benzene rings is 1. The first-order valence-corrected chi connectivity index (χ1v) is 5.65. The molecule has 0 saturated carbocycles. The normalized spacial score (nSPS) is 16.8. The van der Waals surface area contributed by atoms with Gasteiger partial charge in [-0.25, -0.2) is 4.90 Å². The van der Waals surface area contributed by atoms with E-state index in [1.807, 2.05) is 0 Å². The largest absolute Gasteiger partial charge is 0.362 e. The number of imide groups is 1. The Balaban J connectivity index is 2.38. The van der Waals surface area contributed by atoms with Gasteiger partial charge in [0, 0.05) is 4.47 Å². The van der Waals surface area contributed by atoms with Gasteiger partial charge < -0.3 is 4.74 Å². The standard InChI is InChI=1S/C10H7BrClNO3/c11-7-3-6(1-2-8(7)12)13-9(14)4-16-5-10(13)15/h1-3H,4-5H2. The van der Waals surface area contributed by atoms with Gasteiger partial charge in [-0.2, -0.15) is 0 Å². The Hall–Kier alpha value is -0.910. The zero-order valence-corrected chi connectivity index (χ0v) is 10.4. The number of nitrogens with zero attached hydrogens (tertiary/aromatic N) is 1. The summed E-state index contributed by atoms with van der Waals surface area (Å²) in [6, 6.07) is 4.87. The second-order valence-corrected chi connectivity index (χ2v) is 4.48. The first-order valence-electron chi connectivity index (χ1n) is 4.48. The van der Waals surface area contributed by atoms with Gasteiger partial charge in [-0.15, -0.1) is 0 Å². The van der Waals surface area contributed by atoms with Crippen molar-refractivity contribution in [3.63, 3.8) is 0 Å². The molecule has 0 aromatic heterocycles. The van der Waals surface area contributed by atoms with Gasteiger partial charge in [-0.1, -0.05) is 11.6 Å². The Morgan fingerprint density at radius 3 is 2.44 bits per heavy atom. The van der Waals surface area contributed by atoms with E-state index in [9.17, 15) is 9.59 Å². The van der Waals surface area contributed by atoms with Crippen LogP contribution in [0.1, 0.15) is 0 Å². The highest BCUT2D eigenvalue weighted by Gasteiger charge is 2.28. The molecule has 1 heterocycles. The predicted octanol–water partition coefficient (Wildman–Crippen LogP) is 1.99. The van der Waals surface area contributed by atoms with Crippen LogP contribution in [0.5, 0.6) is 0 Å². The van der Waals surface area contributed by atoms with E-state index in [1.165, 1.54) is 0 Å². The highest BCUT2D eigenvalue weighted by atomic mass is 79.9. The molecule has 0 aliphatic carbocycles. The van der Waals surface area contributed by atoms with E-state index in [1.54, 1.807) is 18.2 Å². The van der Waals surface area contributed by atoms with Crippen LogP contribution in [-0.2, 0) is 14.3 Å². The zero-order valence-electron chi connectivity index (χ0n) is 8.07. The molecule has 2 rings (SSSR count). The fraction of sp³-hybridized carbons (Fsp3) is 0.200. The van der Waals surface area contributed by atoms with E-state index in [2.05, 4.69) is 15.9 Å². The molecular weight excluding hydrogens is 297 g/mol. The number of carbonyl (C=O) groups excluding carboxylic acids is 2. The van der Waals surface area contributed by atoms with Gasteiger partial charge in [0.2, 0.25) is 0 Å². The van der Waals surface area contributed by atoms with Crippen LogP contribution < -0.4 is 4.90 Å². The van der Waals surface area contributed by atoms with Crippen molar-refractivity contribution in [2.24, 2.45) is 0 Å². The molecule has 0 atom stereocenters. The molecule has 4 nitrogen and oxygen atoms in total. The van der Waals surface area contributed by atoms with Crippen molar-refractivity contribution in [1.29, 1.82) is 0 Å². The summed E-state index contributed by atoms with van der Waals surface area (Å²) in [5.41, 5.74) is 0.495. The first kappa shape index (κ1) is 11.6. The minimum atomic E-state index is -0.370. The summed E-state index contributed by atoms with van der Waals surface area (Å²) in [4.78, 5) is 24.2. The molecule has 1 aromatic rings. The highest BCUT2D eigenvalue weighted by molar-refractivity contribution is 9.10. The van der Waals surface area contributed by atoms with E-state index in [-0.39, 0.29) is 25.0 Å². The summed E-state index contributed by atoms with van der Waals surface area (Å²) in [6.07, 6.45) is 0. The number of ether oxygens (including phenoxy) is 1. The lowest BCUT2D eigenvalue weighted by Crippen LogP contribution is -2.46. The smallest absolute Gasteiger partial charge is 0.259 e. The maximum atomic E-state index is 11.5. The fourth-order valence-corrected chi connectivity index (χ4v) is 1.89. The molecule has 84 valence electrons.